The highest BCUT2D eigenvalue weighted by Crippen LogP contribution is 2.25. The highest BCUT2D eigenvalue weighted by molar-refractivity contribution is 6.30. The SMILES string of the molecule is Clc1ccc(OCCN2CCC(C3CCCN3)CC2)cc1. The number of hydrogen-bond acceptors (Lipinski definition) is 3. The smallest absolute Gasteiger partial charge is 0.119 e. The predicted molar refractivity (Wildman–Crippen MR) is 87.1 cm³/mol. The zero-order valence-corrected chi connectivity index (χ0v) is 13.3. The molecule has 0 radical (unpaired) electrons. The zero-order valence-electron chi connectivity index (χ0n) is 12.6. The highest BCUT2D eigenvalue weighted by atomic mass is 35.5. The summed E-state index contributed by atoms with van der Waals surface area (Å²) in [6.45, 7) is 5.43. The van der Waals surface area contributed by atoms with E-state index in [2.05, 4.69) is 10.2 Å². The molecule has 4 heteroatoms. The van der Waals surface area contributed by atoms with Gasteiger partial charge in [0, 0.05) is 17.6 Å². The van der Waals surface area contributed by atoms with Crippen molar-refractivity contribution in [1.82, 2.24) is 10.2 Å². The van der Waals surface area contributed by atoms with Gasteiger partial charge in [-0.3, -0.25) is 4.90 Å². The fourth-order valence-electron chi connectivity index (χ4n) is 3.52. The summed E-state index contributed by atoms with van der Waals surface area (Å²) in [4.78, 5) is 2.53. The number of piperidine rings is 1. The lowest BCUT2D eigenvalue weighted by Gasteiger charge is -2.34. The van der Waals surface area contributed by atoms with Crippen LogP contribution in [0.3, 0.4) is 0 Å². The van der Waals surface area contributed by atoms with Crippen LogP contribution in [0, 0.1) is 5.92 Å². The van der Waals surface area contributed by atoms with Crippen molar-refractivity contribution in [1.29, 1.82) is 0 Å². The molecule has 2 aliphatic heterocycles. The lowest BCUT2D eigenvalue weighted by molar-refractivity contribution is 0.141. The molecule has 2 aliphatic rings. The van der Waals surface area contributed by atoms with Crippen LogP contribution in [0.2, 0.25) is 5.02 Å². The molecule has 1 N–H and O–H groups in total. The number of halogens is 1. The van der Waals surface area contributed by atoms with Gasteiger partial charge in [0.25, 0.3) is 0 Å². The first-order valence-corrected chi connectivity index (χ1v) is 8.53. The second-order valence-electron chi connectivity index (χ2n) is 6.18. The van der Waals surface area contributed by atoms with E-state index < -0.39 is 0 Å². The Labute approximate surface area is 132 Å². The Hall–Kier alpha value is -0.770. The molecule has 2 heterocycles. The molecule has 1 aromatic carbocycles. The number of hydrogen-bond donors (Lipinski definition) is 1. The van der Waals surface area contributed by atoms with E-state index in [9.17, 15) is 0 Å². The average Bonchev–Trinajstić information content (AvgIpc) is 3.04. The molecule has 1 unspecified atom stereocenters. The Morgan fingerprint density at radius 1 is 1.14 bits per heavy atom. The van der Waals surface area contributed by atoms with Crippen molar-refractivity contribution >= 4 is 11.6 Å². The molecule has 0 aromatic heterocycles. The van der Waals surface area contributed by atoms with E-state index >= 15 is 0 Å². The topological polar surface area (TPSA) is 24.5 Å². The van der Waals surface area contributed by atoms with Gasteiger partial charge in [-0.05, 0) is 75.5 Å². The number of ether oxygens (including phenoxy) is 1. The lowest BCUT2D eigenvalue weighted by Crippen LogP contribution is -2.42. The van der Waals surface area contributed by atoms with Gasteiger partial charge in [0.1, 0.15) is 12.4 Å². The molecule has 0 aliphatic carbocycles. The van der Waals surface area contributed by atoms with Crippen LogP contribution in [0.4, 0.5) is 0 Å². The third-order valence-electron chi connectivity index (χ3n) is 4.79. The van der Waals surface area contributed by atoms with E-state index in [1.165, 1.54) is 45.3 Å². The Bertz CT molecular complexity index is 423. The summed E-state index contributed by atoms with van der Waals surface area (Å²) in [7, 11) is 0. The molecule has 0 saturated carbocycles. The zero-order chi connectivity index (χ0) is 14.5. The van der Waals surface area contributed by atoms with E-state index in [-0.39, 0.29) is 0 Å². The summed E-state index contributed by atoms with van der Waals surface area (Å²) in [5, 5.41) is 4.41. The summed E-state index contributed by atoms with van der Waals surface area (Å²) in [5.41, 5.74) is 0. The van der Waals surface area contributed by atoms with Gasteiger partial charge in [0.2, 0.25) is 0 Å². The summed E-state index contributed by atoms with van der Waals surface area (Å²) >= 11 is 5.87. The molecular weight excluding hydrogens is 284 g/mol. The van der Waals surface area contributed by atoms with Crippen molar-refractivity contribution < 1.29 is 4.74 Å². The van der Waals surface area contributed by atoms with Crippen molar-refractivity contribution in [3.05, 3.63) is 29.3 Å². The summed E-state index contributed by atoms with van der Waals surface area (Å²) in [6, 6.07) is 8.40. The van der Waals surface area contributed by atoms with Gasteiger partial charge < -0.3 is 10.1 Å². The molecular formula is C17H25ClN2O. The van der Waals surface area contributed by atoms with Gasteiger partial charge in [-0.25, -0.2) is 0 Å². The number of likely N-dealkylation sites (tertiary alicyclic amines) is 1. The van der Waals surface area contributed by atoms with Crippen LogP contribution in [0.25, 0.3) is 0 Å². The van der Waals surface area contributed by atoms with Crippen LogP contribution < -0.4 is 10.1 Å². The van der Waals surface area contributed by atoms with E-state index in [0.717, 1.165) is 35.9 Å². The monoisotopic (exact) mass is 308 g/mol. The fourth-order valence-corrected chi connectivity index (χ4v) is 3.64. The van der Waals surface area contributed by atoms with Crippen LogP contribution in [-0.4, -0.2) is 43.7 Å². The molecule has 2 fully saturated rings. The van der Waals surface area contributed by atoms with Crippen LogP contribution in [-0.2, 0) is 0 Å². The van der Waals surface area contributed by atoms with Gasteiger partial charge >= 0.3 is 0 Å². The van der Waals surface area contributed by atoms with Crippen molar-refractivity contribution in [3.63, 3.8) is 0 Å². The fraction of sp³-hybridized carbons (Fsp3) is 0.647. The second-order valence-corrected chi connectivity index (χ2v) is 6.62. The highest BCUT2D eigenvalue weighted by Gasteiger charge is 2.27. The maximum absolute atomic E-state index is 5.87. The molecule has 116 valence electrons. The van der Waals surface area contributed by atoms with Crippen LogP contribution in [0.1, 0.15) is 25.7 Å². The normalized spacial score (nSPS) is 24.3. The number of nitrogens with one attached hydrogen (secondary N) is 1. The van der Waals surface area contributed by atoms with E-state index in [1.54, 1.807) is 0 Å². The van der Waals surface area contributed by atoms with E-state index in [4.69, 9.17) is 16.3 Å². The van der Waals surface area contributed by atoms with Gasteiger partial charge in [-0.1, -0.05) is 11.6 Å². The quantitative estimate of drug-likeness (QED) is 0.904. The predicted octanol–water partition coefficient (Wildman–Crippen LogP) is 3.18. The van der Waals surface area contributed by atoms with Crippen molar-refractivity contribution in [2.75, 3.05) is 32.8 Å². The number of nitrogens with zero attached hydrogens (tertiary/aromatic N) is 1. The van der Waals surface area contributed by atoms with E-state index in [1.807, 2.05) is 24.3 Å². The van der Waals surface area contributed by atoms with E-state index in [0.29, 0.717) is 0 Å². The molecule has 3 rings (SSSR count). The van der Waals surface area contributed by atoms with Crippen molar-refractivity contribution in [3.8, 4) is 5.75 Å². The average molecular weight is 309 g/mol. The molecule has 3 nitrogen and oxygen atoms in total. The standard InChI is InChI=1S/C17H25ClN2O/c18-15-3-5-16(6-4-15)21-13-12-20-10-7-14(8-11-20)17-2-1-9-19-17/h3-6,14,17,19H,1-2,7-13H2. The molecule has 0 amide bonds. The van der Waals surface area contributed by atoms with Crippen LogP contribution in [0.15, 0.2) is 24.3 Å². The Kier molecular flexibility index (Phi) is 5.39. The third-order valence-corrected chi connectivity index (χ3v) is 5.04. The lowest BCUT2D eigenvalue weighted by atomic mass is 9.88. The molecule has 0 bridgehead atoms. The summed E-state index contributed by atoms with van der Waals surface area (Å²) < 4.78 is 5.78. The first-order chi connectivity index (χ1) is 10.3. The molecule has 1 atom stereocenters. The van der Waals surface area contributed by atoms with Gasteiger partial charge in [-0.15, -0.1) is 0 Å². The Morgan fingerprint density at radius 3 is 2.57 bits per heavy atom. The second kappa shape index (κ2) is 7.48. The summed E-state index contributed by atoms with van der Waals surface area (Å²) in [6.07, 6.45) is 5.40. The maximum Gasteiger partial charge on any atom is 0.119 e. The van der Waals surface area contributed by atoms with Crippen LogP contribution >= 0.6 is 11.6 Å². The Balaban J connectivity index is 1.34. The summed E-state index contributed by atoms with van der Waals surface area (Å²) in [5.74, 6) is 1.80. The van der Waals surface area contributed by atoms with Gasteiger partial charge in [0.15, 0.2) is 0 Å². The molecule has 21 heavy (non-hydrogen) atoms. The minimum Gasteiger partial charge on any atom is -0.492 e. The first-order valence-electron chi connectivity index (χ1n) is 8.15. The molecule has 0 spiro atoms. The molecule has 1 aromatic rings. The van der Waals surface area contributed by atoms with Crippen molar-refractivity contribution in [2.45, 2.75) is 31.7 Å². The van der Waals surface area contributed by atoms with Gasteiger partial charge in [0.05, 0.1) is 0 Å². The third kappa shape index (κ3) is 4.35. The minimum absolute atomic E-state index is 0.755. The molecule has 2 saturated heterocycles. The number of benzene rings is 1. The minimum atomic E-state index is 0.755. The maximum atomic E-state index is 5.87. The van der Waals surface area contributed by atoms with Crippen LogP contribution in [0.5, 0.6) is 5.75 Å². The largest absolute Gasteiger partial charge is 0.492 e. The van der Waals surface area contributed by atoms with Gasteiger partial charge in [-0.2, -0.15) is 0 Å². The van der Waals surface area contributed by atoms with Crippen molar-refractivity contribution in [2.24, 2.45) is 5.92 Å². The Morgan fingerprint density at radius 2 is 1.90 bits per heavy atom. The first kappa shape index (κ1) is 15.1. The number of rotatable bonds is 5.